The summed E-state index contributed by atoms with van der Waals surface area (Å²) in [6, 6.07) is 9.23. The molecule has 106 valence electrons. The lowest BCUT2D eigenvalue weighted by Gasteiger charge is -2.21. The van der Waals surface area contributed by atoms with Gasteiger partial charge in [-0.1, -0.05) is 32.0 Å². The van der Waals surface area contributed by atoms with Crippen molar-refractivity contribution in [3.8, 4) is 0 Å². The van der Waals surface area contributed by atoms with Crippen LogP contribution >= 0.6 is 0 Å². The second kappa shape index (κ2) is 5.13. The van der Waals surface area contributed by atoms with E-state index < -0.39 is 0 Å². The van der Waals surface area contributed by atoms with Crippen molar-refractivity contribution >= 4 is 17.5 Å². The molecule has 2 aromatic rings. The first kappa shape index (κ1) is 13.5. The molecule has 0 N–H and O–H groups in total. The molecule has 0 radical (unpaired) electrons. The van der Waals surface area contributed by atoms with Crippen molar-refractivity contribution in [2.45, 2.75) is 26.7 Å². The smallest absolute Gasteiger partial charge is 0.268 e. The van der Waals surface area contributed by atoms with Gasteiger partial charge in [-0.2, -0.15) is 0 Å². The Morgan fingerprint density at radius 2 is 1.62 bits per heavy atom. The van der Waals surface area contributed by atoms with E-state index in [0.29, 0.717) is 5.56 Å². The summed E-state index contributed by atoms with van der Waals surface area (Å²) in [6.07, 6.45) is 3.08. The van der Waals surface area contributed by atoms with Crippen LogP contribution < -0.4 is 4.90 Å². The Morgan fingerprint density at radius 1 is 0.952 bits per heavy atom. The summed E-state index contributed by atoms with van der Waals surface area (Å²) in [5, 5.41) is 0. The molecular formula is C17H16N2O2. The Morgan fingerprint density at radius 3 is 2.19 bits per heavy atom. The number of aromatic nitrogens is 1. The molecule has 1 aliphatic rings. The number of para-hydroxylation sites is 1. The van der Waals surface area contributed by atoms with Crippen LogP contribution in [0, 0.1) is 0 Å². The molecule has 0 spiro atoms. The summed E-state index contributed by atoms with van der Waals surface area (Å²) in [5.74, 6) is -0.607. The van der Waals surface area contributed by atoms with E-state index in [9.17, 15) is 9.59 Å². The number of rotatable bonds is 3. The highest BCUT2D eigenvalue weighted by Crippen LogP contribution is 2.33. The van der Waals surface area contributed by atoms with Gasteiger partial charge in [-0.25, -0.2) is 4.90 Å². The molecule has 4 nitrogen and oxygen atoms in total. The third-order valence-electron chi connectivity index (χ3n) is 3.84. The van der Waals surface area contributed by atoms with Crippen LogP contribution in [0.4, 0.5) is 5.69 Å². The van der Waals surface area contributed by atoms with Gasteiger partial charge in [0.25, 0.3) is 11.8 Å². The maximum absolute atomic E-state index is 12.6. The molecule has 4 heteroatoms. The highest BCUT2D eigenvalue weighted by atomic mass is 16.2. The molecule has 0 saturated carbocycles. The molecule has 0 fully saturated rings. The number of nitrogens with zero attached hydrogens (tertiary/aromatic N) is 2. The summed E-state index contributed by atoms with van der Waals surface area (Å²) in [5.41, 5.74) is 3.37. The largest absolute Gasteiger partial charge is 0.284 e. The first-order chi connectivity index (χ1) is 10.2. The molecule has 0 unspecified atom stereocenters. The molecule has 1 aromatic carbocycles. The lowest BCUT2D eigenvalue weighted by Crippen LogP contribution is -2.31. The number of aryl methyl sites for hydroxylation is 2. The van der Waals surface area contributed by atoms with Gasteiger partial charge in [-0.3, -0.25) is 14.6 Å². The fourth-order valence-electron chi connectivity index (χ4n) is 2.77. The lowest BCUT2D eigenvalue weighted by atomic mass is 10.0. The normalized spacial score (nSPS) is 13.7. The summed E-state index contributed by atoms with van der Waals surface area (Å²) in [6.45, 7) is 4.05. The van der Waals surface area contributed by atoms with Gasteiger partial charge in [0.05, 0.1) is 11.3 Å². The van der Waals surface area contributed by atoms with Crippen molar-refractivity contribution in [1.29, 1.82) is 0 Å². The molecule has 0 saturated heterocycles. The third kappa shape index (κ3) is 1.95. The number of carbonyl (C=O) groups is 2. The maximum atomic E-state index is 12.6. The Kier molecular flexibility index (Phi) is 3.29. The molecule has 0 atom stereocenters. The zero-order valence-electron chi connectivity index (χ0n) is 12.1. The van der Waals surface area contributed by atoms with E-state index in [1.807, 2.05) is 32.0 Å². The number of imide groups is 1. The van der Waals surface area contributed by atoms with Crippen molar-refractivity contribution in [3.63, 3.8) is 0 Å². The van der Waals surface area contributed by atoms with E-state index >= 15 is 0 Å². The van der Waals surface area contributed by atoms with Crippen LogP contribution in [0.3, 0.4) is 0 Å². The molecule has 1 aliphatic heterocycles. The van der Waals surface area contributed by atoms with Gasteiger partial charge in [-0.05, 0) is 36.1 Å². The predicted molar refractivity (Wildman–Crippen MR) is 80.6 cm³/mol. The number of anilines is 1. The first-order valence-electron chi connectivity index (χ1n) is 7.13. The van der Waals surface area contributed by atoms with Gasteiger partial charge in [0.15, 0.2) is 0 Å². The topological polar surface area (TPSA) is 50.3 Å². The minimum absolute atomic E-state index is 0.246. The monoisotopic (exact) mass is 280 g/mol. The van der Waals surface area contributed by atoms with Crippen molar-refractivity contribution in [1.82, 2.24) is 4.98 Å². The molecule has 1 aromatic heterocycles. The van der Waals surface area contributed by atoms with Crippen molar-refractivity contribution in [2.24, 2.45) is 0 Å². The maximum Gasteiger partial charge on any atom is 0.284 e. The Labute approximate surface area is 123 Å². The fourth-order valence-corrected chi connectivity index (χ4v) is 2.77. The van der Waals surface area contributed by atoms with E-state index in [-0.39, 0.29) is 17.5 Å². The number of carbonyl (C=O) groups excluding carboxylic acids is 2. The number of hydrogen-bond acceptors (Lipinski definition) is 3. The van der Waals surface area contributed by atoms with Gasteiger partial charge in [-0.15, -0.1) is 0 Å². The van der Waals surface area contributed by atoms with Crippen molar-refractivity contribution < 1.29 is 9.59 Å². The number of amides is 2. The van der Waals surface area contributed by atoms with E-state index in [0.717, 1.165) is 29.7 Å². The van der Waals surface area contributed by atoms with Crippen LogP contribution in [0.25, 0.3) is 0 Å². The highest BCUT2D eigenvalue weighted by Gasteiger charge is 2.39. The predicted octanol–water partition coefficient (Wildman–Crippen LogP) is 3.01. The third-order valence-corrected chi connectivity index (χ3v) is 3.84. The molecule has 3 rings (SSSR count). The standard InChI is InChI=1S/C17H16N2O2/c1-3-11-7-5-8-12(4-2)15(11)19-16(20)13-9-6-10-18-14(13)17(19)21/h5-10H,3-4H2,1-2H3. The van der Waals surface area contributed by atoms with Gasteiger partial charge in [0, 0.05) is 6.20 Å². The highest BCUT2D eigenvalue weighted by molar-refractivity contribution is 6.34. The lowest BCUT2D eigenvalue weighted by molar-refractivity contribution is 0.0924. The van der Waals surface area contributed by atoms with Crippen LogP contribution in [0.5, 0.6) is 0 Å². The number of fused-ring (bicyclic) bond motifs is 1. The molecule has 2 heterocycles. The van der Waals surface area contributed by atoms with Gasteiger partial charge in [0.1, 0.15) is 5.69 Å². The summed E-state index contributed by atoms with van der Waals surface area (Å²) in [4.78, 5) is 30.5. The molecule has 0 bridgehead atoms. The van der Waals surface area contributed by atoms with Gasteiger partial charge >= 0.3 is 0 Å². The first-order valence-corrected chi connectivity index (χ1v) is 7.13. The minimum atomic E-state index is -0.328. The second-order valence-electron chi connectivity index (χ2n) is 4.98. The average Bonchev–Trinajstić information content (AvgIpc) is 2.78. The van der Waals surface area contributed by atoms with E-state index in [1.165, 1.54) is 4.90 Å². The second-order valence-corrected chi connectivity index (χ2v) is 4.98. The number of hydrogen-bond donors (Lipinski definition) is 0. The summed E-state index contributed by atoms with van der Waals surface area (Å²) < 4.78 is 0. The summed E-state index contributed by atoms with van der Waals surface area (Å²) in [7, 11) is 0. The Hall–Kier alpha value is -2.49. The minimum Gasteiger partial charge on any atom is -0.268 e. The van der Waals surface area contributed by atoms with E-state index in [4.69, 9.17) is 0 Å². The van der Waals surface area contributed by atoms with Crippen LogP contribution in [0.1, 0.15) is 45.8 Å². The number of benzene rings is 1. The fraction of sp³-hybridized carbons (Fsp3) is 0.235. The van der Waals surface area contributed by atoms with Crippen LogP contribution in [0.15, 0.2) is 36.5 Å². The Balaban J connectivity index is 2.20. The Bertz CT molecular complexity index is 680. The number of pyridine rings is 1. The van der Waals surface area contributed by atoms with Crippen LogP contribution in [-0.2, 0) is 12.8 Å². The average molecular weight is 280 g/mol. The van der Waals surface area contributed by atoms with Crippen LogP contribution in [0.2, 0.25) is 0 Å². The zero-order valence-corrected chi connectivity index (χ0v) is 12.1. The molecular weight excluding hydrogens is 264 g/mol. The van der Waals surface area contributed by atoms with Gasteiger partial charge in [0.2, 0.25) is 0 Å². The van der Waals surface area contributed by atoms with Crippen molar-refractivity contribution in [3.05, 3.63) is 58.9 Å². The van der Waals surface area contributed by atoms with E-state index in [2.05, 4.69) is 4.98 Å². The van der Waals surface area contributed by atoms with Gasteiger partial charge < -0.3 is 0 Å². The zero-order chi connectivity index (χ0) is 15.0. The molecule has 21 heavy (non-hydrogen) atoms. The molecule has 0 aliphatic carbocycles. The SMILES string of the molecule is CCc1cccc(CC)c1N1C(=O)c2cccnc2C1=O. The quantitative estimate of drug-likeness (QED) is 0.812. The van der Waals surface area contributed by atoms with Crippen LogP contribution in [-0.4, -0.2) is 16.8 Å². The van der Waals surface area contributed by atoms with Crippen molar-refractivity contribution in [2.75, 3.05) is 4.90 Å². The van der Waals surface area contributed by atoms with E-state index in [1.54, 1.807) is 18.3 Å². The molecule has 2 amide bonds. The summed E-state index contributed by atoms with van der Waals surface area (Å²) >= 11 is 0.